The molecule has 2 aromatic rings. The van der Waals surface area contributed by atoms with Gasteiger partial charge in [0.1, 0.15) is 6.42 Å². The minimum atomic E-state index is -0.691. The van der Waals surface area contributed by atoms with Gasteiger partial charge in [-0.15, -0.1) is 0 Å². The van der Waals surface area contributed by atoms with Gasteiger partial charge in [0.05, 0.1) is 24.1 Å². The number of carbonyl (C=O) groups excluding carboxylic acids is 3. The molecule has 0 unspecified atom stereocenters. The third-order valence-corrected chi connectivity index (χ3v) is 4.24. The van der Waals surface area contributed by atoms with Gasteiger partial charge < -0.3 is 15.0 Å². The first-order valence-corrected chi connectivity index (χ1v) is 9.53. The van der Waals surface area contributed by atoms with Gasteiger partial charge in [0, 0.05) is 17.9 Å². The molecule has 2 rings (SSSR count). The molecule has 0 bridgehead atoms. The maximum absolute atomic E-state index is 12.7. The van der Waals surface area contributed by atoms with E-state index in [1.807, 2.05) is 38.1 Å². The molecule has 0 aliphatic rings. The summed E-state index contributed by atoms with van der Waals surface area (Å²) in [6.45, 7) is 3.54. The Hall–Kier alpha value is -4.17. The Balaban J connectivity index is 2.03. The average molecular weight is 418 g/mol. The van der Waals surface area contributed by atoms with Crippen LogP contribution in [0, 0.1) is 36.5 Å². The number of benzene rings is 2. The molecule has 0 aliphatic carbocycles. The van der Waals surface area contributed by atoms with Crippen LogP contribution in [-0.2, 0) is 14.3 Å². The fourth-order valence-corrected chi connectivity index (χ4v) is 2.92. The van der Waals surface area contributed by atoms with Crippen LogP contribution in [0.3, 0.4) is 0 Å². The van der Waals surface area contributed by atoms with E-state index >= 15 is 0 Å². The van der Waals surface area contributed by atoms with Crippen molar-refractivity contribution in [2.75, 3.05) is 23.4 Å². The fourth-order valence-electron chi connectivity index (χ4n) is 2.92. The summed E-state index contributed by atoms with van der Waals surface area (Å²) in [6, 6.07) is 15.3. The Bertz CT molecular complexity index is 1030. The predicted molar refractivity (Wildman–Crippen MR) is 114 cm³/mol. The summed E-state index contributed by atoms with van der Waals surface area (Å²) in [6.07, 6.45) is -0.125. The monoisotopic (exact) mass is 418 g/mol. The SMILES string of the molecule is Cc1cc(C)cc(N(CCC#N)C(=O)COC(=O)c2ccc(NC(=O)CC#N)cc2)c1. The van der Waals surface area contributed by atoms with Crippen LogP contribution in [0.25, 0.3) is 0 Å². The number of rotatable bonds is 8. The predicted octanol–water partition coefficient (Wildman–Crippen LogP) is 3.26. The normalized spacial score (nSPS) is 9.81. The second kappa shape index (κ2) is 11.1. The van der Waals surface area contributed by atoms with Crippen molar-refractivity contribution in [3.63, 3.8) is 0 Å². The maximum Gasteiger partial charge on any atom is 0.338 e. The third-order valence-electron chi connectivity index (χ3n) is 4.24. The number of nitriles is 2. The number of nitrogens with one attached hydrogen (secondary N) is 1. The number of amides is 2. The van der Waals surface area contributed by atoms with Crippen LogP contribution in [0.15, 0.2) is 42.5 Å². The van der Waals surface area contributed by atoms with E-state index in [0.29, 0.717) is 11.4 Å². The zero-order chi connectivity index (χ0) is 22.8. The molecule has 0 heterocycles. The highest BCUT2D eigenvalue weighted by Crippen LogP contribution is 2.20. The largest absolute Gasteiger partial charge is 0.452 e. The minimum absolute atomic E-state index is 0.145. The Morgan fingerprint density at radius 1 is 1.00 bits per heavy atom. The molecule has 0 atom stereocenters. The highest BCUT2D eigenvalue weighted by atomic mass is 16.5. The summed E-state index contributed by atoms with van der Waals surface area (Å²) < 4.78 is 5.15. The zero-order valence-corrected chi connectivity index (χ0v) is 17.3. The van der Waals surface area contributed by atoms with Gasteiger partial charge >= 0.3 is 5.97 Å². The van der Waals surface area contributed by atoms with Gasteiger partial charge in [0.25, 0.3) is 5.91 Å². The lowest BCUT2D eigenvalue weighted by atomic mass is 10.1. The number of aryl methyl sites for hydroxylation is 2. The van der Waals surface area contributed by atoms with Crippen molar-refractivity contribution in [3.05, 3.63) is 59.2 Å². The first-order valence-electron chi connectivity index (χ1n) is 9.53. The van der Waals surface area contributed by atoms with Crippen LogP contribution in [0.4, 0.5) is 11.4 Å². The molecular weight excluding hydrogens is 396 g/mol. The maximum atomic E-state index is 12.7. The molecule has 0 saturated carbocycles. The van der Waals surface area contributed by atoms with Gasteiger partial charge in [-0.05, 0) is 61.4 Å². The third kappa shape index (κ3) is 6.98. The van der Waals surface area contributed by atoms with E-state index in [1.165, 1.54) is 29.2 Å². The molecule has 2 aromatic carbocycles. The smallest absolute Gasteiger partial charge is 0.338 e. The number of anilines is 2. The van der Waals surface area contributed by atoms with Gasteiger partial charge in [0.15, 0.2) is 6.61 Å². The lowest BCUT2D eigenvalue weighted by Gasteiger charge is -2.22. The topological polar surface area (TPSA) is 123 Å². The molecule has 0 spiro atoms. The minimum Gasteiger partial charge on any atom is -0.452 e. The van der Waals surface area contributed by atoms with E-state index in [-0.39, 0.29) is 24.9 Å². The lowest BCUT2D eigenvalue weighted by molar-refractivity contribution is -0.121. The van der Waals surface area contributed by atoms with Crippen LogP contribution in [0.5, 0.6) is 0 Å². The number of nitrogens with zero attached hydrogens (tertiary/aromatic N) is 3. The van der Waals surface area contributed by atoms with Gasteiger partial charge in [-0.25, -0.2) is 4.79 Å². The van der Waals surface area contributed by atoms with Crippen LogP contribution >= 0.6 is 0 Å². The van der Waals surface area contributed by atoms with Crippen LogP contribution in [-0.4, -0.2) is 30.9 Å². The van der Waals surface area contributed by atoms with E-state index in [1.54, 1.807) is 6.07 Å². The molecule has 31 heavy (non-hydrogen) atoms. The molecule has 0 aliphatic heterocycles. The second-order valence-electron chi connectivity index (χ2n) is 6.84. The number of hydrogen-bond donors (Lipinski definition) is 1. The highest BCUT2D eigenvalue weighted by molar-refractivity contribution is 5.98. The standard InChI is InChI=1S/C23H22N4O4/c1-16-12-17(2)14-20(13-16)27(11-3-9-24)22(29)15-31-23(30)18-4-6-19(7-5-18)26-21(28)8-10-25/h4-7,12-14H,3,8,11,15H2,1-2H3,(H,26,28). The summed E-state index contributed by atoms with van der Waals surface area (Å²) >= 11 is 0. The molecule has 158 valence electrons. The van der Waals surface area contributed by atoms with Gasteiger partial charge in [0.2, 0.25) is 5.91 Å². The van der Waals surface area contributed by atoms with Crippen LogP contribution < -0.4 is 10.2 Å². The lowest BCUT2D eigenvalue weighted by Crippen LogP contribution is -2.35. The fraction of sp³-hybridized carbons (Fsp3) is 0.261. The Morgan fingerprint density at radius 2 is 1.65 bits per heavy atom. The van der Waals surface area contributed by atoms with Crippen molar-refractivity contribution >= 4 is 29.2 Å². The van der Waals surface area contributed by atoms with E-state index in [0.717, 1.165) is 11.1 Å². The van der Waals surface area contributed by atoms with Crippen molar-refractivity contribution in [2.45, 2.75) is 26.7 Å². The molecule has 2 amide bonds. The van der Waals surface area contributed by atoms with E-state index in [2.05, 4.69) is 5.32 Å². The average Bonchev–Trinajstić information content (AvgIpc) is 2.72. The molecule has 8 heteroatoms. The van der Waals surface area contributed by atoms with Gasteiger partial charge in [-0.1, -0.05) is 6.07 Å². The van der Waals surface area contributed by atoms with Crippen molar-refractivity contribution < 1.29 is 19.1 Å². The highest BCUT2D eigenvalue weighted by Gasteiger charge is 2.19. The number of hydrogen-bond acceptors (Lipinski definition) is 6. The zero-order valence-electron chi connectivity index (χ0n) is 17.3. The summed E-state index contributed by atoms with van der Waals surface area (Å²) in [7, 11) is 0. The quantitative estimate of drug-likeness (QED) is 0.656. The van der Waals surface area contributed by atoms with Crippen LogP contribution in [0.2, 0.25) is 0 Å². The van der Waals surface area contributed by atoms with Gasteiger partial charge in [-0.3, -0.25) is 9.59 Å². The summed E-state index contributed by atoms with van der Waals surface area (Å²) in [5, 5.41) is 19.9. The molecular formula is C23H22N4O4. The molecule has 8 nitrogen and oxygen atoms in total. The van der Waals surface area contributed by atoms with E-state index in [9.17, 15) is 14.4 Å². The van der Waals surface area contributed by atoms with E-state index < -0.39 is 24.4 Å². The van der Waals surface area contributed by atoms with Crippen molar-refractivity contribution in [3.8, 4) is 12.1 Å². The van der Waals surface area contributed by atoms with Crippen LogP contribution in [0.1, 0.15) is 34.3 Å². The Labute approximate surface area is 180 Å². The Morgan fingerprint density at radius 3 is 2.23 bits per heavy atom. The molecule has 0 aromatic heterocycles. The number of esters is 1. The number of ether oxygens (including phenoxy) is 1. The van der Waals surface area contributed by atoms with Crippen molar-refractivity contribution in [1.29, 1.82) is 10.5 Å². The summed E-state index contributed by atoms with van der Waals surface area (Å²) in [5.41, 5.74) is 3.24. The first-order chi connectivity index (χ1) is 14.8. The Kier molecular flexibility index (Phi) is 8.30. The molecule has 1 N–H and O–H groups in total. The molecule has 0 fully saturated rings. The molecule has 0 radical (unpaired) electrons. The van der Waals surface area contributed by atoms with Crippen molar-refractivity contribution in [2.24, 2.45) is 0 Å². The van der Waals surface area contributed by atoms with Gasteiger partial charge in [-0.2, -0.15) is 10.5 Å². The number of carbonyl (C=O) groups is 3. The first kappa shape index (κ1) is 23.1. The molecule has 0 saturated heterocycles. The second-order valence-corrected chi connectivity index (χ2v) is 6.84. The van der Waals surface area contributed by atoms with Crippen molar-refractivity contribution in [1.82, 2.24) is 0 Å². The summed E-state index contributed by atoms with van der Waals surface area (Å²) in [4.78, 5) is 37.9. The van der Waals surface area contributed by atoms with E-state index in [4.69, 9.17) is 15.3 Å². The summed E-state index contributed by atoms with van der Waals surface area (Å²) in [5.74, 6) is -1.58.